The number of hydrogen-bond acceptors (Lipinski definition) is 0. The van der Waals surface area contributed by atoms with Gasteiger partial charge in [-0.15, -0.1) is 5.92 Å². The van der Waals surface area contributed by atoms with Crippen LogP contribution in [-0.4, -0.2) is 0 Å². The van der Waals surface area contributed by atoms with Crippen molar-refractivity contribution >= 4 is 0 Å². The highest BCUT2D eigenvalue weighted by Gasteiger charge is 2.13. The van der Waals surface area contributed by atoms with Crippen LogP contribution in [0.3, 0.4) is 0 Å². The SMILES string of the molecule is CC#Cc1ccc(-c2ccc(-c3ccc(CC)cc3)cc2)c(F)c1F. The standard InChI is InChI=1S/C23H18F2/c1-3-5-20-14-15-21(23(25)22(20)24)19-12-10-18(11-13-19)17-8-6-16(4-2)7-9-17/h6-15H,4H2,1-2H3. The van der Waals surface area contributed by atoms with E-state index < -0.39 is 11.6 Å². The quantitative estimate of drug-likeness (QED) is 0.499. The van der Waals surface area contributed by atoms with E-state index >= 15 is 0 Å². The van der Waals surface area contributed by atoms with Gasteiger partial charge in [-0.3, -0.25) is 0 Å². The molecular weight excluding hydrogens is 314 g/mol. The van der Waals surface area contributed by atoms with Crippen LogP contribution in [0.25, 0.3) is 22.3 Å². The van der Waals surface area contributed by atoms with E-state index in [4.69, 9.17) is 0 Å². The molecule has 0 heterocycles. The molecule has 3 aromatic carbocycles. The maximum atomic E-state index is 14.3. The van der Waals surface area contributed by atoms with Gasteiger partial charge < -0.3 is 0 Å². The summed E-state index contributed by atoms with van der Waals surface area (Å²) in [4.78, 5) is 0. The summed E-state index contributed by atoms with van der Waals surface area (Å²) in [5.74, 6) is 3.40. The molecule has 25 heavy (non-hydrogen) atoms. The average Bonchev–Trinajstić information content (AvgIpc) is 2.66. The van der Waals surface area contributed by atoms with E-state index in [0.29, 0.717) is 5.56 Å². The Bertz CT molecular complexity index is 940. The van der Waals surface area contributed by atoms with E-state index in [2.05, 4.69) is 43.0 Å². The third-order valence-corrected chi connectivity index (χ3v) is 4.23. The second-order valence-corrected chi connectivity index (χ2v) is 5.79. The molecule has 2 heteroatoms. The minimum absolute atomic E-state index is 0.0800. The van der Waals surface area contributed by atoms with E-state index in [0.717, 1.165) is 17.5 Å². The Hall–Kier alpha value is -2.92. The van der Waals surface area contributed by atoms with Crippen LogP contribution in [0, 0.1) is 23.5 Å². The molecule has 0 N–H and O–H groups in total. The molecule has 0 unspecified atom stereocenters. The summed E-state index contributed by atoms with van der Waals surface area (Å²) in [6, 6.07) is 18.9. The number of benzene rings is 3. The summed E-state index contributed by atoms with van der Waals surface area (Å²) in [5.41, 5.74) is 4.39. The molecule has 0 fully saturated rings. The Morgan fingerprint density at radius 1 is 0.720 bits per heavy atom. The molecule has 0 radical (unpaired) electrons. The maximum Gasteiger partial charge on any atom is 0.175 e. The molecule has 0 spiro atoms. The predicted octanol–water partition coefficient (Wildman–Crippen LogP) is 6.23. The second kappa shape index (κ2) is 7.32. The molecule has 0 nitrogen and oxygen atoms in total. The van der Waals surface area contributed by atoms with Crippen LogP contribution < -0.4 is 0 Å². The fourth-order valence-electron chi connectivity index (χ4n) is 2.78. The van der Waals surface area contributed by atoms with Crippen LogP contribution in [0.2, 0.25) is 0 Å². The maximum absolute atomic E-state index is 14.3. The Morgan fingerprint density at radius 2 is 1.28 bits per heavy atom. The van der Waals surface area contributed by atoms with Crippen molar-refractivity contribution in [2.75, 3.05) is 0 Å². The van der Waals surface area contributed by atoms with E-state index in [1.54, 1.807) is 13.0 Å². The lowest BCUT2D eigenvalue weighted by atomic mass is 9.98. The first-order valence-corrected chi connectivity index (χ1v) is 8.24. The highest BCUT2D eigenvalue weighted by Crippen LogP contribution is 2.29. The molecule has 0 saturated heterocycles. The van der Waals surface area contributed by atoms with Crippen LogP contribution in [0.1, 0.15) is 25.0 Å². The Labute approximate surface area is 147 Å². The van der Waals surface area contributed by atoms with Gasteiger partial charge in [0.05, 0.1) is 5.56 Å². The van der Waals surface area contributed by atoms with Gasteiger partial charge in [0.1, 0.15) is 0 Å². The Balaban J connectivity index is 1.94. The summed E-state index contributed by atoms with van der Waals surface area (Å²) in [5, 5.41) is 0. The summed E-state index contributed by atoms with van der Waals surface area (Å²) < 4.78 is 28.4. The van der Waals surface area contributed by atoms with Crippen molar-refractivity contribution in [2.24, 2.45) is 0 Å². The molecule has 0 aliphatic carbocycles. The molecule has 124 valence electrons. The highest BCUT2D eigenvalue weighted by molar-refractivity contribution is 5.71. The second-order valence-electron chi connectivity index (χ2n) is 5.79. The summed E-state index contributed by atoms with van der Waals surface area (Å²) in [7, 11) is 0. The third-order valence-electron chi connectivity index (χ3n) is 4.23. The monoisotopic (exact) mass is 332 g/mol. The van der Waals surface area contributed by atoms with Gasteiger partial charge in [-0.05, 0) is 47.7 Å². The van der Waals surface area contributed by atoms with E-state index in [9.17, 15) is 8.78 Å². The number of hydrogen-bond donors (Lipinski definition) is 0. The third kappa shape index (κ3) is 3.46. The fraction of sp³-hybridized carbons (Fsp3) is 0.130. The zero-order chi connectivity index (χ0) is 17.8. The van der Waals surface area contributed by atoms with Gasteiger partial charge in [-0.1, -0.05) is 61.4 Å². The van der Waals surface area contributed by atoms with Crippen molar-refractivity contribution in [1.29, 1.82) is 0 Å². The molecule has 0 amide bonds. The van der Waals surface area contributed by atoms with Crippen molar-refractivity contribution < 1.29 is 8.78 Å². The zero-order valence-electron chi connectivity index (χ0n) is 14.2. The molecule has 0 bridgehead atoms. The number of halogens is 2. The fourth-order valence-corrected chi connectivity index (χ4v) is 2.78. The van der Waals surface area contributed by atoms with Gasteiger partial charge >= 0.3 is 0 Å². The van der Waals surface area contributed by atoms with Crippen molar-refractivity contribution in [2.45, 2.75) is 20.3 Å². The lowest BCUT2D eigenvalue weighted by molar-refractivity contribution is 0.509. The van der Waals surface area contributed by atoms with Gasteiger partial charge in [-0.2, -0.15) is 0 Å². The normalized spacial score (nSPS) is 10.2. The molecule has 3 aromatic rings. The molecule has 0 saturated carbocycles. The predicted molar refractivity (Wildman–Crippen MR) is 99.2 cm³/mol. The molecule has 0 aliphatic rings. The van der Waals surface area contributed by atoms with Crippen molar-refractivity contribution in [3.63, 3.8) is 0 Å². The minimum atomic E-state index is -0.897. The first-order chi connectivity index (χ1) is 12.1. The van der Waals surface area contributed by atoms with Crippen molar-refractivity contribution in [3.8, 4) is 34.1 Å². The van der Waals surface area contributed by atoms with Gasteiger partial charge in [-0.25, -0.2) is 8.78 Å². The summed E-state index contributed by atoms with van der Waals surface area (Å²) in [6.45, 7) is 3.71. The lowest BCUT2D eigenvalue weighted by Gasteiger charge is -2.08. The van der Waals surface area contributed by atoms with Crippen LogP contribution in [-0.2, 0) is 6.42 Å². The number of rotatable bonds is 3. The topological polar surface area (TPSA) is 0 Å². The van der Waals surface area contributed by atoms with Crippen LogP contribution >= 0.6 is 0 Å². The van der Waals surface area contributed by atoms with E-state index in [-0.39, 0.29) is 11.1 Å². The average molecular weight is 332 g/mol. The van der Waals surface area contributed by atoms with Crippen LogP contribution in [0.15, 0.2) is 60.7 Å². The number of aryl methyl sites for hydroxylation is 1. The molecule has 0 atom stereocenters. The van der Waals surface area contributed by atoms with Crippen molar-refractivity contribution in [1.82, 2.24) is 0 Å². The van der Waals surface area contributed by atoms with Gasteiger partial charge in [0.2, 0.25) is 0 Å². The molecule has 3 rings (SSSR count). The van der Waals surface area contributed by atoms with E-state index in [1.165, 1.54) is 11.6 Å². The van der Waals surface area contributed by atoms with E-state index in [1.807, 2.05) is 24.3 Å². The molecular formula is C23H18F2. The van der Waals surface area contributed by atoms with Gasteiger partial charge in [0.15, 0.2) is 11.6 Å². The Morgan fingerprint density at radius 3 is 1.84 bits per heavy atom. The summed E-state index contributed by atoms with van der Waals surface area (Å²) in [6.07, 6.45) is 1.00. The smallest absolute Gasteiger partial charge is 0.175 e. The van der Waals surface area contributed by atoms with Crippen LogP contribution in [0.5, 0.6) is 0 Å². The largest absolute Gasteiger partial charge is 0.203 e. The minimum Gasteiger partial charge on any atom is -0.203 e. The molecule has 0 aromatic heterocycles. The first-order valence-electron chi connectivity index (χ1n) is 8.24. The van der Waals surface area contributed by atoms with Crippen LogP contribution in [0.4, 0.5) is 8.78 Å². The molecule has 0 aliphatic heterocycles. The first kappa shape index (κ1) is 16.9. The van der Waals surface area contributed by atoms with Gasteiger partial charge in [0, 0.05) is 5.56 Å². The van der Waals surface area contributed by atoms with Crippen molar-refractivity contribution in [3.05, 3.63) is 83.4 Å². The zero-order valence-corrected chi connectivity index (χ0v) is 14.2. The Kier molecular flexibility index (Phi) is 4.95. The lowest BCUT2D eigenvalue weighted by Crippen LogP contribution is -1.94. The summed E-state index contributed by atoms with van der Waals surface area (Å²) >= 11 is 0. The van der Waals surface area contributed by atoms with Gasteiger partial charge in [0.25, 0.3) is 0 Å². The highest BCUT2D eigenvalue weighted by atomic mass is 19.2.